The molecule has 1 saturated heterocycles. The highest BCUT2D eigenvalue weighted by atomic mass is 16.5. The van der Waals surface area contributed by atoms with Crippen LogP contribution >= 0.6 is 0 Å². The fourth-order valence-corrected chi connectivity index (χ4v) is 2.13. The number of nitrogens with zero attached hydrogens (tertiary/aromatic N) is 1. The molecule has 1 aliphatic rings. The average molecular weight is 277 g/mol. The molecule has 0 aromatic heterocycles. The molecule has 0 unspecified atom stereocenters. The lowest BCUT2D eigenvalue weighted by atomic mass is 10.1. The molecule has 0 aliphatic carbocycles. The van der Waals surface area contributed by atoms with E-state index in [1.807, 2.05) is 13.0 Å². The number of rotatable bonds is 5. The van der Waals surface area contributed by atoms with Crippen LogP contribution in [0.5, 0.6) is 0 Å². The molecule has 1 atom stereocenters. The van der Waals surface area contributed by atoms with Crippen molar-refractivity contribution in [2.45, 2.75) is 13.0 Å². The minimum atomic E-state index is -0.170. The van der Waals surface area contributed by atoms with Gasteiger partial charge in [-0.25, -0.2) is 4.79 Å². The number of urea groups is 1. The van der Waals surface area contributed by atoms with Crippen LogP contribution in [-0.4, -0.2) is 44.8 Å². The van der Waals surface area contributed by atoms with Gasteiger partial charge < -0.3 is 15.4 Å². The second kappa shape index (κ2) is 6.38. The predicted molar refractivity (Wildman–Crippen MR) is 76.0 cm³/mol. The number of carbonyl (C=O) groups is 2. The lowest BCUT2D eigenvalue weighted by Gasteiger charge is -2.16. The van der Waals surface area contributed by atoms with Gasteiger partial charge in [-0.15, -0.1) is 0 Å². The number of ether oxygens (including phenoxy) is 1. The normalized spacial score (nSPS) is 15.9. The van der Waals surface area contributed by atoms with Crippen molar-refractivity contribution in [3.63, 3.8) is 0 Å². The molecule has 6 heteroatoms. The highest BCUT2D eigenvalue weighted by Crippen LogP contribution is 2.18. The number of anilines is 1. The molecule has 1 aliphatic heterocycles. The molecule has 0 spiro atoms. The van der Waals surface area contributed by atoms with Gasteiger partial charge in [-0.05, 0) is 25.1 Å². The van der Waals surface area contributed by atoms with E-state index in [4.69, 9.17) is 4.74 Å². The Morgan fingerprint density at radius 1 is 1.55 bits per heavy atom. The highest BCUT2D eigenvalue weighted by Gasteiger charge is 2.21. The van der Waals surface area contributed by atoms with E-state index in [9.17, 15) is 9.59 Å². The van der Waals surface area contributed by atoms with Crippen molar-refractivity contribution in [2.75, 3.05) is 31.7 Å². The molecule has 0 radical (unpaired) electrons. The third kappa shape index (κ3) is 3.27. The molecule has 2 N–H and O–H groups in total. The molecular weight excluding hydrogens is 258 g/mol. The van der Waals surface area contributed by atoms with Crippen molar-refractivity contribution < 1.29 is 14.3 Å². The summed E-state index contributed by atoms with van der Waals surface area (Å²) in [5, 5.41) is 5.58. The van der Waals surface area contributed by atoms with Crippen LogP contribution in [-0.2, 0) is 4.74 Å². The molecule has 6 nitrogen and oxygen atoms in total. The maximum atomic E-state index is 12.1. The highest BCUT2D eigenvalue weighted by molar-refractivity contribution is 5.98. The van der Waals surface area contributed by atoms with Gasteiger partial charge in [-0.3, -0.25) is 9.69 Å². The van der Waals surface area contributed by atoms with Crippen molar-refractivity contribution in [3.05, 3.63) is 29.8 Å². The van der Waals surface area contributed by atoms with Crippen molar-refractivity contribution in [2.24, 2.45) is 0 Å². The predicted octanol–water partition coefficient (Wildman–Crippen LogP) is 0.981. The van der Waals surface area contributed by atoms with Gasteiger partial charge in [0.2, 0.25) is 0 Å². The SMILES string of the molecule is COC[C@H](C)NC(=O)c1cccc(N2CCNC2=O)c1. The zero-order chi connectivity index (χ0) is 14.5. The Morgan fingerprint density at radius 3 is 3.00 bits per heavy atom. The maximum Gasteiger partial charge on any atom is 0.321 e. The van der Waals surface area contributed by atoms with E-state index in [0.717, 1.165) is 5.69 Å². The van der Waals surface area contributed by atoms with E-state index in [1.54, 1.807) is 30.2 Å². The van der Waals surface area contributed by atoms with Gasteiger partial charge in [0.1, 0.15) is 0 Å². The fourth-order valence-electron chi connectivity index (χ4n) is 2.13. The third-order valence-electron chi connectivity index (χ3n) is 3.07. The number of nitrogens with one attached hydrogen (secondary N) is 2. The Balaban J connectivity index is 2.09. The van der Waals surface area contributed by atoms with E-state index in [-0.39, 0.29) is 18.0 Å². The first-order chi connectivity index (χ1) is 9.61. The summed E-state index contributed by atoms with van der Waals surface area (Å²) >= 11 is 0. The van der Waals surface area contributed by atoms with Gasteiger partial charge in [0.15, 0.2) is 0 Å². The topological polar surface area (TPSA) is 70.7 Å². The number of hydrogen-bond acceptors (Lipinski definition) is 3. The molecular formula is C14H19N3O3. The van der Waals surface area contributed by atoms with Gasteiger partial charge >= 0.3 is 6.03 Å². The van der Waals surface area contributed by atoms with Crippen LogP contribution in [0.4, 0.5) is 10.5 Å². The smallest absolute Gasteiger partial charge is 0.321 e. The molecule has 1 fully saturated rings. The largest absolute Gasteiger partial charge is 0.383 e. The van der Waals surface area contributed by atoms with E-state index < -0.39 is 0 Å². The third-order valence-corrected chi connectivity index (χ3v) is 3.07. The first kappa shape index (κ1) is 14.3. The number of benzene rings is 1. The molecule has 1 aromatic rings. The summed E-state index contributed by atoms with van der Waals surface area (Å²) in [6.45, 7) is 3.57. The molecule has 2 rings (SSSR count). The summed E-state index contributed by atoms with van der Waals surface area (Å²) < 4.78 is 4.98. The van der Waals surface area contributed by atoms with Crippen LogP contribution in [0.2, 0.25) is 0 Å². The Labute approximate surface area is 118 Å². The molecule has 20 heavy (non-hydrogen) atoms. The van der Waals surface area contributed by atoms with Gasteiger partial charge in [0.05, 0.1) is 6.61 Å². The molecule has 3 amide bonds. The van der Waals surface area contributed by atoms with Crippen molar-refractivity contribution >= 4 is 17.6 Å². The Hall–Kier alpha value is -2.08. The maximum absolute atomic E-state index is 12.1. The number of methoxy groups -OCH3 is 1. The lowest BCUT2D eigenvalue weighted by molar-refractivity contribution is 0.0905. The molecule has 108 valence electrons. The first-order valence-electron chi connectivity index (χ1n) is 6.57. The Kier molecular flexibility index (Phi) is 4.57. The zero-order valence-electron chi connectivity index (χ0n) is 11.7. The summed E-state index contributed by atoms with van der Waals surface area (Å²) in [6.07, 6.45) is 0. The summed E-state index contributed by atoms with van der Waals surface area (Å²) in [7, 11) is 1.59. The van der Waals surface area contributed by atoms with Crippen LogP contribution in [0.1, 0.15) is 17.3 Å². The fraction of sp³-hybridized carbons (Fsp3) is 0.429. The van der Waals surface area contributed by atoms with E-state index >= 15 is 0 Å². The summed E-state index contributed by atoms with van der Waals surface area (Å²) in [6, 6.07) is 6.85. The van der Waals surface area contributed by atoms with Gasteiger partial charge in [0, 0.05) is 37.5 Å². The van der Waals surface area contributed by atoms with Crippen molar-refractivity contribution in [1.29, 1.82) is 0 Å². The average Bonchev–Trinajstić information content (AvgIpc) is 2.85. The molecule has 0 bridgehead atoms. The van der Waals surface area contributed by atoms with E-state index in [1.165, 1.54) is 0 Å². The minimum Gasteiger partial charge on any atom is -0.383 e. The van der Waals surface area contributed by atoms with Crippen molar-refractivity contribution in [3.8, 4) is 0 Å². The zero-order valence-corrected chi connectivity index (χ0v) is 11.7. The van der Waals surface area contributed by atoms with Crippen LogP contribution < -0.4 is 15.5 Å². The van der Waals surface area contributed by atoms with Crippen LogP contribution in [0.3, 0.4) is 0 Å². The molecule has 0 saturated carbocycles. The first-order valence-corrected chi connectivity index (χ1v) is 6.57. The van der Waals surface area contributed by atoms with Crippen LogP contribution in [0.25, 0.3) is 0 Å². The summed E-state index contributed by atoms with van der Waals surface area (Å²) in [4.78, 5) is 25.3. The summed E-state index contributed by atoms with van der Waals surface area (Å²) in [5.74, 6) is -0.170. The summed E-state index contributed by atoms with van der Waals surface area (Å²) in [5.41, 5.74) is 1.26. The van der Waals surface area contributed by atoms with E-state index in [2.05, 4.69) is 10.6 Å². The Morgan fingerprint density at radius 2 is 2.35 bits per heavy atom. The standard InChI is InChI=1S/C14H19N3O3/c1-10(9-20-2)16-13(18)11-4-3-5-12(8-11)17-7-6-15-14(17)19/h3-5,8,10H,6-7,9H2,1-2H3,(H,15,19)(H,16,18)/t10-/m0/s1. The number of carbonyl (C=O) groups excluding carboxylic acids is 2. The van der Waals surface area contributed by atoms with Gasteiger partial charge in [-0.1, -0.05) is 6.07 Å². The number of amides is 3. The molecule has 1 aromatic carbocycles. The lowest BCUT2D eigenvalue weighted by Crippen LogP contribution is -2.35. The van der Waals surface area contributed by atoms with Gasteiger partial charge in [0.25, 0.3) is 5.91 Å². The molecule has 1 heterocycles. The van der Waals surface area contributed by atoms with Gasteiger partial charge in [-0.2, -0.15) is 0 Å². The monoisotopic (exact) mass is 277 g/mol. The minimum absolute atomic E-state index is 0.0637. The van der Waals surface area contributed by atoms with Crippen molar-refractivity contribution in [1.82, 2.24) is 10.6 Å². The van der Waals surface area contributed by atoms with Crippen LogP contribution in [0.15, 0.2) is 24.3 Å². The van der Waals surface area contributed by atoms with Crippen LogP contribution in [0, 0.1) is 0 Å². The quantitative estimate of drug-likeness (QED) is 0.843. The Bertz CT molecular complexity index is 504. The van der Waals surface area contributed by atoms with E-state index in [0.29, 0.717) is 25.3 Å². The second-order valence-corrected chi connectivity index (χ2v) is 4.76. The second-order valence-electron chi connectivity index (χ2n) is 4.76. The number of hydrogen-bond donors (Lipinski definition) is 2.